The highest BCUT2D eigenvalue weighted by Crippen LogP contribution is 2.47. The second kappa shape index (κ2) is 7.12. The van der Waals surface area contributed by atoms with Gasteiger partial charge in [0.2, 0.25) is 5.88 Å². The molecule has 0 saturated heterocycles. The predicted octanol–water partition coefficient (Wildman–Crippen LogP) is 3.53. The maximum absolute atomic E-state index is 12.2. The van der Waals surface area contributed by atoms with Gasteiger partial charge in [-0.25, -0.2) is 9.55 Å². The first-order chi connectivity index (χ1) is 8.53. The maximum Gasteiger partial charge on any atom is 0.380 e. The molecular weight excluding hydrogens is 271 g/mol. The highest BCUT2D eigenvalue weighted by molar-refractivity contribution is 7.99. The lowest BCUT2D eigenvalue weighted by atomic mass is 10.4. The first-order valence-corrected chi connectivity index (χ1v) is 8.66. The van der Waals surface area contributed by atoms with Crippen molar-refractivity contribution in [2.45, 2.75) is 32.9 Å². The Morgan fingerprint density at radius 2 is 2.06 bits per heavy atom. The zero-order valence-corrected chi connectivity index (χ0v) is 12.9. The fourth-order valence-electron chi connectivity index (χ4n) is 1.28. The SMILES string of the molecule is CCOP(=O)(CC)Oc1cc(C)nc(SCC)n1. The van der Waals surface area contributed by atoms with E-state index in [1.807, 2.05) is 13.8 Å². The van der Waals surface area contributed by atoms with E-state index in [0.29, 0.717) is 23.8 Å². The standard InChI is InChI=1S/C11H19N2O3PS/c1-5-15-17(14,6-2)16-10-8-9(4)12-11(13-10)18-7-3/h8H,5-7H2,1-4H3. The van der Waals surface area contributed by atoms with Crippen molar-refractivity contribution in [3.8, 4) is 5.88 Å². The second-order valence-corrected chi connectivity index (χ2v) is 7.03. The molecule has 1 atom stereocenters. The van der Waals surface area contributed by atoms with Gasteiger partial charge >= 0.3 is 7.60 Å². The van der Waals surface area contributed by atoms with Gasteiger partial charge in [-0.15, -0.1) is 0 Å². The molecule has 0 aliphatic heterocycles. The number of aryl methyl sites for hydroxylation is 1. The van der Waals surface area contributed by atoms with Crippen LogP contribution in [0.15, 0.2) is 11.2 Å². The van der Waals surface area contributed by atoms with E-state index in [9.17, 15) is 4.57 Å². The van der Waals surface area contributed by atoms with E-state index >= 15 is 0 Å². The minimum absolute atomic E-state index is 0.317. The molecule has 0 spiro atoms. The third-order valence-corrected chi connectivity index (χ3v) is 4.65. The molecule has 1 unspecified atom stereocenters. The van der Waals surface area contributed by atoms with Crippen LogP contribution in [0.2, 0.25) is 0 Å². The summed E-state index contributed by atoms with van der Waals surface area (Å²) >= 11 is 1.52. The van der Waals surface area contributed by atoms with Gasteiger partial charge in [-0.2, -0.15) is 4.98 Å². The van der Waals surface area contributed by atoms with Crippen LogP contribution < -0.4 is 4.52 Å². The van der Waals surface area contributed by atoms with Crippen molar-refractivity contribution in [1.29, 1.82) is 0 Å². The molecule has 0 aromatic carbocycles. The van der Waals surface area contributed by atoms with Crippen molar-refractivity contribution in [1.82, 2.24) is 9.97 Å². The lowest BCUT2D eigenvalue weighted by molar-refractivity contribution is 0.277. The molecule has 0 aliphatic carbocycles. The Hall–Kier alpha value is -0.580. The number of hydrogen-bond acceptors (Lipinski definition) is 6. The monoisotopic (exact) mass is 290 g/mol. The molecule has 0 aliphatic rings. The number of aromatic nitrogens is 2. The maximum atomic E-state index is 12.2. The summed E-state index contributed by atoms with van der Waals surface area (Å²) in [7, 11) is -3.08. The lowest BCUT2D eigenvalue weighted by Gasteiger charge is -2.16. The van der Waals surface area contributed by atoms with E-state index in [-0.39, 0.29) is 0 Å². The molecule has 102 valence electrons. The van der Waals surface area contributed by atoms with Crippen LogP contribution in [0, 0.1) is 6.92 Å². The van der Waals surface area contributed by atoms with E-state index in [1.165, 1.54) is 11.8 Å². The Morgan fingerprint density at radius 1 is 1.33 bits per heavy atom. The number of thioether (sulfide) groups is 1. The van der Waals surface area contributed by atoms with E-state index < -0.39 is 7.60 Å². The quantitative estimate of drug-likeness (QED) is 0.435. The Bertz CT molecular complexity index is 442. The fourth-order valence-corrected chi connectivity index (χ4v) is 3.03. The van der Waals surface area contributed by atoms with Crippen molar-refractivity contribution < 1.29 is 13.6 Å². The minimum Gasteiger partial charge on any atom is -0.406 e. The van der Waals surface area contributed by atoms with Gasteiger partial charge in [-0.05, 0) is 19.6 Å². The highest BCUT2D eigenvalue weighted by Gasteiger charge is 2.23. The Morgan fingerprint density at radius 3 is 2.61 bits per heavy atom. The molecule has 1 aromatic heterocycles. The second-order valence-electron chi connectivity index (χ2n) is 3.50. The average Bonchev–Trinajstić information content (AvgIpc) is 2.28. The molecule has 18 heavy (non-hydrogen) atoms. The first-order valence-electron chi connectivity index (χ1n) is 5.94. The van der Waals surface area contributed by atoms with E-state index in [0.717, 1.165) is 11.4 Å². The van der Waals surface area contributed by atoms with Gasteiger partial charge in [0.1, 0.15) is 0 Å². The van der Waals surface area contributed by atoms with Crippen molar-refractivity contribution in [3.05, 3.63) is 11.8 Å². The summed E-state index contributed by atoms with van der Waals surface area (Å²) in [6.07, 6.45) is 0.320. The van der Waals surface area contributed by atoms with Gasteiger partial charge in [0.25, 0.3) is 0 Å². The van der Waals surface area contributed by atoms with Crippen LogP contribution in [0.1, 0.15) is 26.5 Å². The zero-order chi connectivity index (χ0) is 13.6. The first kappa shape index (κ1) is 15.5. The summed E-state index contributed by atoms with van der Waals surface area (Å²) in [5.41, 5.74) is 0.787. The smallest absolute Gasteiger partial charge is 0.380 e. The molecule has 0 amide bonds. The molecule has 0 fully saturated rings. The number of hydrogen-bond donors (Lipinski definition) is 0. The summed E-state index contributed by atoms with van der Waals surface area (Å²) < 4.78 is 22.8. The van der Waals surface area contributed by atoms with Crippen molar-refractivity contribution in [3.63, 3.8) is 0 Å². The van der Waals surface area contributed by atoms with Gasteiger partial charge in [0.05, 0.1) is 12.8 Å². The molecule has 0 N–H and O–H groups in total. The predicted molar refractivity (Wildman–Crippen MR) is 73.6 cm³/mol. The van der Waals surface area contributed by atoms with Gasteiger partial charge < -0.3 is 9.05 Å². The van der Waals surface area contributed by atoms with Crippen LogP contribution in [-0.2, 0) is 9.09 Å². The largest absolute Gasteiger partial charge is 0.406 e. The average molecular weight is 290 g/mol. The summed E-state index contributed by atoms with van der Waals surface area (Å²) in [6, 6.07) is 1.67. The summed E-state index contributed by atoms with van der Waals surface area (Å²) in [5, 5.41) is 0.631. The van der Waals surface area contributed by atoms with E-state index in [2.05, 4.69) is 9.97 Å². The topological polar surface area (TPSA) is 61.3 Å². The molecule has 0 radical (unpaired) electrons. The van der Waals surface area contributed by atoms with Gasteiger partial charge in [-0.3, -0.25) is 0 Å². The van der Waals surface area contributed by atoms with Crippen LogP contribution in [0.4, 0.5) is 0 Å². The normalized spacial score (nSPS) is 14.2. The van der Waals surface area contributed by atoms with Crippen molar-refractivity contribution in [2.75, 3.05) is 18.5 Å². The molecule has 0 bridgehead atoms. The molecule has 1 heterocycles. The third-order valence-electron chi connectivity index (χ3n) is 2.03. The van der Waals surface area contributed by atoms with Crippen LogP contribution in [0.3, 0.4) is 0 Å². The van der Waals surface area contributed by atoms with Gasteiger partial charge in [-0.1, -0.05) is 25.6 Å². The number of rotatable bonds is 7. The lowest BCUT2D eigenvalue weighted by Crippen LogP contribution is -2.03. The van der Waals surface area contributed by atoms with Crippen LogP contribution >= 0.6 is 19.4 Å². The summed E-state index contributed by atoms with van der Waals surface area (Å²) in [5.74, 6) is 1.19. The molecule has 5 nitrogen and oxygen atoms in total. The zero-order valence-electron chi connectivity index (χ0n) is 11.2. The number of nitrogens with zero attached hydrogens (tertiary/aromatic N) is 2. The fraction of sp³-hybridized carbons (Fsp3) is 0.636. The molecule has 7 heteroatoms. The Labute approximate surface area is 112 Å². The summed E-state index contributed by atoms with van der Waals surface area (Å²) in [6.45, 7) is 7.78. The molecule has 1 aromatic rings. The summed E-state index contributed by atoms with van der Waals surface area (Å²) in [4.78, 5) is 8.48. The van der Waals surface area contributed by atoms with Crippen molar-refractivity contribution >= 4 is 19.4 Å². The minimum atomic E-state index is -3.08. The van der Waals surface area contributed by atoms with E-state index in [1.54, 1.807) is 19.9 Å². The Balaban J connectivity index is 2.92. The molecular formula is C11H19N2O3PS. The Kier molecular flexibility index (Phi) is 6.12. The molecule has 1 rings (SSSR count). The third kappa shape index (κ3) is 4.59. The van der Waals surface area contributed by atoms with Gasteiger partial charge in [0, 0.05) is 11.8 Å². The molecule has 0 saturated carbocycles. The van der Waals surface area contributed by atoms with Crippen LogP contribution in [0.25, 0.3) is 0 Å². The van der Waals surface area contributed by atoms with Crippen molar-refractivity contribution in [2.24, 2.45) is 0 Å². The van der Waals surface area contributed by atoms with Gasteiger partial charge in [0.15, 0.2) is 5.16 Å². The highest BCUT2D eigenvalue weighted by atomic mass is 32.2. The van der Waals surface area contributed by atoms with E-state index in [4.69, 9.17) is 9.05 Å². The van der Waals surface area contributed by atoms with Crippen LogP contribution in [0.5, 0.6) is 5.88 Å². The van der Waals surface area contributed by atoms with Crippen LogP contribution in [-0.4, -0.2) is 28.5 Å².